The molecule has 0 saturated heterocycles. The van der Waals surface area contributed by atoms with Gasteiger partial charge in [-0.3, -0.25) is 4.99 Å². The van der Waals surface area contributed by atoms with E-state index in [9.17, 15) is 5.11 Å². The minimum atomic E-state index is 0. The van der Waals surface area contributed by atoms with E-state index < -0.39 is 0 Å². The van der Waals surface area contributed by atoms with Gasteiger partial charge < -0.3 is 24.8 Å². The van der Waals surface area contributed by atoms with Crippen LogP contribution in [0.2, 0.25) is 0 Å². The quantitative estimate of drug-likeness (QED) is 0.264. The molecule has 7 heteroatoms. The van der Waals surface area contributed by atoms with Gasteiger partial charge in [-0.05, 0) is 55.2 Å². The zero-order chi connectivity index (χ0) is 19.1. The molecular weight excluding hydrogens is 469 g/mol. The maximum Gasteiger partial charge on any atom is 0.231 e. The van der Waals surface area contributed by atoms with Crippen molar-refractivity contribution in [3.8, 4) is 17.2 Å². The van der Waals surface area contributed by atoms with Crippen molar-refractivity contribution in [3.63, 3.8) is 0 Å². The Balaban J connectivity index is 0.00000280. The largest absolute Gasteiger partial charge is 0.508 e. The van der Waals surface area contributed by atoms with Gasteiger partial charge in [-0.25, -0.2) is 0 Å². The second-order valence-corrected chi connectivity index (χ2v) is 6.55. The first-order chi connectivity index (χ1) is 13.2. The Morgan fingerprint density at radius 1 is 1.11 bits per heavy atom. The molecule has 0 aromatic heterocycles. The van der Waals surface area contributed by atoms with E-state index >= 15 is 0 Å². The van der Waals surface area contributed by atoms with Gasteiger partial charge in [-0.1, -0.05) is 18.2 Å². The Morgan fingerprint density at radius 3 is 2.57 bits per heavy atom. The number of phenols is 1. The van der Waals surface area contributed by atoms with Crippen LogP contribution in [0, 0.1) is 0 Å². The molecular formula is C21H28IN3O3. The highest BCUT2D eigenvalue weighted by molar-refractivity contribution is 14.0. The molecule has 0 spiro atoms. The summed E-state index contributed by atoms with van der Waals surface area (Å²) >= 11 is 0. The zero-order valence-electron chi connectivity index (χ0n) is 16.4. The van der Waals surface area contributed by atoms with E-state index in [0.29, 0.717) is 12.5 Å². The van der Waals surface area contributed by atoms with Crippen LogP contribution in [0.1, 0.15) is 24.5 Å². The zero-order valence-corrected chi connectivity index (χ0v) is 18.7. The molecule has 1 heterocycles. The van der Waals surface area contributed by atoms with Crippen molar-refractivity contribution >= 4 is 29.9 Å². The number of hydrogen-bond acceptors (Lipinski definition) is 4. The molecule has 1 aliphatic rings. The van der Waals surface area contributed by atoms with Gasteiger partial charge in [0.25, 0.3) is 0 Å². The topological polar surface area (TPSA) is 66.3 Å². The maximum absolute atomic E-state index is 9.34. The summed E-state index contributed by atoms with van der Waals surface area (Å²) < 4.78 is 10.8. The highest BCUT2D eigenvalue weighted by atomic mass is 127. The smallest absolute Gasteiger partial charge is 0.231 e. The van der Waals surface area contributed by atoms with E-state index in [1.54, 1.807) is 12.1 Å². The number of nitrogens with zero attached hydrogens (tertiary/aromatic N) is 2. The van der Waals surface area contributed by atoms with E-state index in [1.807, 2.05) is 31.3 Å². The summed E-state index contributed by atoms with van der Waals surface area (Å²) in [7, 11) is 2.03. The van der Waals surface area contributed by atoms with Crippen molar-refractivity contribution in [3.05, 3.63) is 53.6 Å². The molecule has 6 nitrogen and oxygen atoms in total. The fourth-order valence-corrected chi connectivity index (χ4v) is 2.99. The Morgan fingerprint density at radius 2 is 1.82 bits per heavy atom. The summed E-state index contributed by atoms with van der Waals surface area (Å²) in [5.41, 5.74) is 2.36. The van der Waals surface area contributed by atoms with Crippen molar-refractivity contribution in [2.45, 2.75) is 26.3 Å². The Kier molecular flexibility index (Phi) is 8.69. The molecule has 2 aromatic carbocycles. The van der Waals surface area contributed by atoms with Crippen molar-refractivity contribution in [1.29, 1.82) is 0 Å². The van der Waals surface area contributed by atoms with E-state index in [1.165, 1.54) is 5.56 Å². The summed E-state index contributed by atoms with van der Waals surface area (Å²) in [4.78, 5) is 6.85. The molecule has 0 amide bonds. The fraction of sp³-hybridized carbons (Fsp3) is 0.381. The summed E-state index contributed by atoms with van der Waals surface area (Å²) in [5, 5.41) is 12.7. The number of aliphatic imine (C=N–C) groups is 1. The van der Waals surface area contributed by atoms with Crippen LogP contribution in [-0.4, -0.2) is 42.9 Å². The van der Waals surface area contributed by atoms with Crippen LogP contribution < -0.4 is 14.8 Å². The average Bonchev–Trinajstić information content (AvgIpc) is 3.13. The number of ether oxygens (including phenoxy) is 2. The minimum Gasteiger partial charge on any atom is -0.508 e. The second kappa shape index (κ2) is 11.0. The molecule has 0 atom stereocenters. The Labute approximate surface area is 183 Å². The molecule has 2 N–H and O–H groups in total. The van der Waals surface area contributed by atoms with E-state index in [2.05, 4.69) is 23.2 Å². The third-order valence-electron chi connectivity index (χ3n) is 4.37. The first-order valence-corrected chi connectivity index (χ1v) is 9.31. The number of benzene rings is 2. The molecule has 0 saturated carbocycles. The number of phenolic OH excluding ortho intramolecular Hbond substituents is 1. The van der Waals surface area contributed by atoms with E-state index in [4.69, 9.17) is 14.5 Å². The number of hydrogen-bond donors (Lipinski definition) is 2. The van der Waals surface area contributed by atoms with Gasteiger partial charge in [0.1, 0.15) is 5.75 Å². The lowest BCUT2D eigenvalue weighted by atomic mass is 10.1. The number of halogens is 1. The van der Waals surface area contributed by atoms with Crippen LogP contribution >= 0.6 is 24.0 Å². The minimum absolute atomic E-state index is 0. The summed E-state index contributed by atoms with van der Waals surface area (Å²) in [6.45, 7) is 4.66. The van der Waals surface area contributed by atoms with Gasteiger partial charge in [0.2, 0.25) is 6.79 Å². The molecule has 0 unspecified atom stereocenters. The van der Waals surface area contributed by atoms with Gasteiger partial charge in [-0.15, -0.1) is 24.0 Å². The summed E-state index contributed by atoms with van der Waals surface area (Å²) in [6.07, 6.45) is 1.90. The molecule has 28 heavy (non-hydrogen) atoms. The normalized spacial score (nSPS) is 12.4. The van der Waals surface area contributed by atoms with E-state index in [0.717, 1.165) is 55.5 Å². The Hall–Kier alpha value is -2.16. The molecule has 2 aromatic rings. The summed E-state index contributed by atoms with van der Waals surface area (Å²) in [6, 6.07) is 13.4. The maximum atomic E-state index is 9.34. The van der Waals surface area contributed by atoms with E-state index in [-0.39, 0.29) is 24.0 Å². The van der Waals surface area contributed by atoms with Crippen LogP contribution in [-0.2, 0) is 13.0 Å². The van der Waals surface area contributed by atoms with Crippen LogP contribution in [0.4, 0.5) is 0 Å². The van der Waals surface area contributed by atoms with Gasteiger partial charge in [-0.2, -0.15) is 0 Å². The summed E-state index contributed by atoms with van der Waals surface area (Å²) in [5.74, 6) is 2.80. The Bertz CT molecular complexity index is 781. The van der Waals surface area contributed by atoms with Crippen molar-refractivity contribution in [1.82, 2.24) is 10.2 Å². The fourth-order valence-electron chi connectivity index (χ4n) is 2.99. The lowest BCUT2D eigenvalue weighted by Crippen LogP contribution is -2.38. The first-order valence-electron chi connectivity index (χ1n) is 9.31. The lowest BCUT2D eigenvalue weighted by molar-refractivity contribution is 0.174. The highest BCUT2D eigenvalue weighted by Gasteiger charge is 2.14. The lowest BCUT2D eigenvalue weighted by Gasteiger charge is -2.22. The van der Waals surface area contributed by atoms with Gasteiger partial charge in [0, 0.05) is 26.7 Å². The molecule has 3 rings (SSSR count). The predicted molar refractivity (Wildman–Crippen MR) is 122 cm³/mol. The number of nitrogens with one attached hydrogen (secondary N) is 1. The van der Waals surface area contributed by atoms with Crippen molar-refractivity contribution in [2.24, 2.45) is 4.99 Å². The molecule has 0 fully saturated rings. The predicted octanol–water partition coefficient (Wildman–Crippen LogP) is 3.77. The van der Waals surface area contributed by atoms with Gasteiger partial charge in [0.05, 0.1) is 0 Å². The number of aryl methyl sites for hydroxylation is 1. The SMILES string of the molecule is CCNC(=NCCCc1ccc(O)cc1)N(C)Cc1ccc2c(c1)OCO2.I. The average molecular weight is 497 g/mol. The molecule has 152 valence electrons. The van der Waals surface area contributed by atoms with Crippen LogP contribution in [0.25, 0.3) is 0 Å². The third kappa shape index (κ3) is 6.19. The second-order valence-electron chi connectivity index (χ2n) is 6.55. The van der Waals surface area contributed by atoms with Crippen LogP contribution in [0.3, 0.4) is 0 Å². The number of fused-ring (bicyclic) bond motifs is 1. The van der Waals surface area contributed by atoms with Crippen molar-refractivity contribution < 1.29 is 14.6 Å². The number of guanidine groups is 1. The number of rotatable bonds is 7. The monoisotopic (exact) mass is 497 g/mol. The third-order valence-corrected chi connectivity index (χ3v) is 4.37. The molecule has 0 bridgehead atoms. The van der Waals surface area contributed by atoms with Crippen LogP contribution in [0.15, 0.2) is 47.5 Å². The standard InChI is InChI=1S/C21H27N3O3.HI/c1-3-22-21(23-12-4-5-16-6-9-18(25)10-7-16)24(2)14-17-8-11-19-20(13-17)27-15-26-19;/h6-11,13,25H,3-5,12,14-15H2,1-2H3,(H,22,23);1H. The highest BCUT2D eigenvalue weighted by Crippen LogP contribution is 2.32. The van der Waals surface area contributed by atoms with Crippen LogP contribution in [0.5, 0.6) is 17.2 Å². The van der Waals surface area contributed by atoms with Gasteiger partial charge >= 0.3 is 0 Å². The van der Waals surface area contributed by atoms with Gasteiger partial charge in [0.15, 0.2) is 17.5 Å². The molecule has 1 aliphatic heterocycles. The first kappa shape index (κ1) is 22.1. The molecule has 0 aliphatic carbocycles. The number of aromatic hydroxyl groups is 1. The molecule has 0 radical (unpaired) electrons. The van der Waals surface area contributed by atoms with Crippen molar-refractivity contribution in [2.75, 3.05) is 26.9 Å².